The Morgan fingerprint density at radius 1 is 1.06 bits per heavy atom. The summed E-state index contributed by atoms with van der Waals surface area (Å²) in [6.45, 7) is 0. The summed E-state index contributed by atoms with van der Waals surface area (Å²) in [7, 11) is 0. The summed E-state index contributed by atoms with van der Waals surface area (Å²) < 4.78 is 1.26. The van der Waals surface area contributed by atoms with Gasteiger partial charge < -0.3 is 5.73 Å². The van der Waals surface area contributed by atoms with E-state index in [0.717, 1.165) is 0 Å². The highest BCUT2D eigenvalue weighted by Crippen LogP contribution is 2.15. The number of para-hydroxylation sites is 2. The van der Waals surface area contributed by atoms with Gasteiger partial charge in [-0.25, -0.2) is 0 Å². The zero-order chi connectivity index (χ0) is 12.5. The minimum atomic E-state index is -0.276. The van der Waals surface area contributed by atoms with Crippen LogP contribution in [0.3, 0.4) is 0 Å². The number of aromatic nitrogens is 3. The quantitative estimate of drug-likeness (QED) is 0.655. The lowest BCUT2D eigenvalue weighted by Gasteiger charge is -2.04. The maximum Gasteiger partial charge on any atom is 0.282 e. The van der Waals surface area contributed by atoms with Crippen molar-refractivity contribution in [2.75, 3.05) is 5.73 Å². The van der Waals surface area contributed by atoms with E-state index in [2.05, 4.69) is 10.3 Å². The number of nitrogen functional groups attached to an aromatic ring is 1. The Labute approximate surface area is 103 Å². The highest BCUT2D eigenvalue weighted by molar-refractivity contribution is 6.03. The van der Waals surface area contributed by atoms with Crippen molar-refractivity contribution in [1.29, 1.82) is 0 Å². The van der Waals surface area contributed by atoms with Crippen LogP contribution in [0.2, 0.25) is 0 Å². The monoisotopic (exact) mass is 238 g/mol. The fourth-order valence-electron chi connectivity index (χ4n) is 1.82. The van der Waals surface area contributed by atoms with E-state index >= 15 is 0 Å². The molecule has 0 spiro atoms. The van der Waals surface area contributed by atoms with Crippen LogP contribution in [0.4, 0.5) is 5.69 Å². The fraction of sp³-hybridized carbons (Fsp3) is 0. The lowest BCUT2D eigenvalue weighted by molar-refractivity contribution is 0.0949. The van der Waals surface area contributed by atoms with Crippen LogP contribution in [0.15, 0.2) is 48.5 Å². The number of fused-ring (bicyclic) bond motifs is 1. The summed E-state index contributed by atoms with van der Waals surface area (Å²) in [5.41, 5.74) is 8.00. The summed E-state index contributed by atoms with van der Waals surface area (Å²) in [5.74, 6) is -0.276. The van der Waals surface area contributed by atoms with Gasteiger partial charge in [-0.2, -0.15) is 4.68 Å². The van der Waals surface area contributed by atoms with Crippen molar-refractivity contribution in [1.82, 2.24) is 15.0 Å². The zero-order valence-electron chi connectivity index (χ0n) is 9.45. The molecule has 0 unspecified atom stereocenters. The molecule has 1 aromatic heterocycles. The molecule has 5 nitrogen and oxygen atoms in total. The predicted octanol–water partition coefficient (Wildman–Crippen LogP) is 1.70. The Bertz CT molecular complexity index is 732. The van der Waals surface area contributed by atoms with Gasteiger partial charge in [-0.05, 0) is 24.3 Å². The first-order valence-electron chi connectivity index (χ1n) is 5.47. The Morgan fingerprint density at radius 3 is 2.61 bits per heavy atom. The van der Waals surface area contributed by atoms with E-state index in [9.17, 15) is 4.79 Å². The van der Waals surface area contributed by atoms with E-state index in [1.54, 1.807) is 36.4 Å². The molecule has 3 rings (SSSR count). The van der Waals surface area contributed by atoms with Gasteiger partial charge in [-0.1, -0.05) is 29.5 Å². The molecule has 0 atom stereocenters. The summed E-state index contributed by atoms with van der Waals surface area (Å²) in [6.07, 6.45) is 0. The number of hydrogen-bond acceptors (Lipinski definition) is 4. The smallest absolute Gasteiger partial charge is 0.282 e. The van der Waals surface area contributed by atoms with E-state index in [4.69, 9.17) is 5.73 Å². The molecule has 2 N–H and O–H groups in total. The number of carbonyl (C=O) groups excluding carboxylic acids is 1. The molecule has 0 amide bonds. The summed E-state index contributed by atoms with van der Waals surface area (Å²) >= 11 is 0. The Balaban J connectivity index is 2.16. The number of hydrogen-bond donors (Lipinski definition) is 1. The first-order valence-corrected chi connectivity index (χ1v) is 5.47. The first-order chi connectivity index (χ1) is 8.77. The summed E-state index contributed by atoms with van der Waals surface area (Å²) in [4.78, 5) is 12.3. The number of benzene rings is 2. The summed E-state index contributed by atoms with van der Waals surface area (Å²) in [6, 6.07) is 14.2. The van der Waals surface area contributed by atoms with Crippen LogP contribution < -0.4 is 5.73 Å². The van der Waals surface area contributed by atoms with Gasteiger partial charge in [0.25, 0.3) is 5.91 Å². The summed E-state index contributed by atoms with van der Waals surface area (Å²) in [5, 5.41) is 7.82. The minimum absolute atomic E-state index is 0.276. The van der Waals surface area contributed by atoms with E-state index in [0.29, 0.717) is 22.3 Å². The third-order valence-electron chi connectivity index (χ3n) is 2.74. The standard InChI is InChI=1S/C13H10N4O/c14-10-6-2-1-5-9(10)13(18)17-12-8-4-3-7-11(12)15-16-17/h1-8H,14H2. The predicted molar refractivity (Wildman–Crippen MR) is 68.1 cm³/mol. The lowest BCUT2D eigenvalue weighted by atomic mass is 10.1. The topological polar surface area (TPSA) is 73.8 Å². The average Bonchev–Trinajstić information content (AvgIpc) is 2.82. The molecule has 0 bridgehead atoms. The van der Waals surface area contributed by atoms with Gasteiger partial charge in [-0.15, -0.1) is 5.10 Å². The van der Waals surface area contributed by atoms with Crippen LogP contribution in [-0.2, 0) is 0 Å². The van der Waals surface area contributed by atoms with E-state index in [-0.39, 0.29) is 5.91 Å². The second-order valence-electron chi connectivity index (χ2n) is 3.88. The Hall–Kier alpha value is -2.69. The maximum atomic E-state index is 12.3. The van der Waals surface area contributed by atoms with Crippen molar-refractivity contribution in [2.24, 2.45) is 0 Å². The van der Waals surface area contributed by atoms with Crippen molar-refractivity contribution >= 4 is 22.6 Å². The lowest BCUT2D eigenvalue weighted by Crippen LogP contribution is -2.15. The highest BCUT2D eigenvalue weighted by Gasteiger charge is 2.15. The van der Waals surface area contributed by atoms with Crippen LogP contribution in [0.25, 0.3) is 11.0 Å². The van der Waals surface area contributed by atoms with E-state index in [1.165, 1.54) is 4.68 Å². The van der Waals surface area contributed by atoms with Gasteiger partial charge in [0.2, 0.25) is 0 Å². The molecule has 5 heteroatoms. The van der Waals surface area contributed by atoms with Gasteiger partial charge in [0, 0.05) is 5.69 Å². The van der Waals surface area contributed by atoms with E-state index < -0.39 is 0 Å². The number of nitrogens with zero attached hydrogens (tertiary/aromatic N) is 3. The first kappa shape index (κ1) is 10.5. The van der Waals surface area contributed by atoms with Crippen LogP contribution >= 0.6 is 0 Å². The van der Waals surface area contributed by atoms with E-state index in [1.807, 2.05) is 12.1 Å². The van der Waals surface area contributed by atoms with Gasteiger partial charge in [0.05, 0.1) is 11.1 Å². The molecular formula is C13H10N4O. The fourth-order valence-corrected chi connectivity index (χ4v) is 1.82. The number of anilines is 1. The molecule has 0 aliphatic carbocycles. The molecule has 2 aromatic carbocycles. The van der Waals surface area contributed by atoms with Crippen LogP contribution in [-0.4, -0.2) is 20.9 Å². The normalized spacial score (nSPS) is 10.7. The highest BCUT2D eigenvalue weighted by atomic mass is 16.2. The average molecular weight is 238 g/mol. The molecule has 0 aliphatic heterocycles. The van der Waals surface area contributed by atoms with Gasteiger partial charge in [0.1, 0.15) is 5.52 Å². The van der Waals surface area contributed by atoms with Crippen molar-refractivity contribution in [3.8, 4) is 0 Å². The molecule has 0 saturated heterocycles. The third kappa shape index (κ3) is 1.53. The van der Waals surface area contributed by atoms with Gasteiger partial charge >= 0.3 is 0 Å². The molecule has 0 fully saturated rings. The third-order valence-corrected chi connectivity index (χ3v) is 2.74. The molecular weight excluding hydrogens is 228 g/mol. The molecule has 88 valence electrons. The maximum absolute atomic E-state index is 12.3. The second kappa shape index (κ2) is 3.96. The zero-order valence-corrected chi connectivity index (χ0v) is 9.45. The van der Waals surface area contributed by atoms with Crippen LogP contribution in [0.5, 0.6) is 0 Å². The van der Waals surface area contributed by atoms with Crippen LogP contribution in [0.1, 0.15) is 10.4 Å². The van der Waals surface area contributed by atoms with Crippen LogP contribution in [0, 0.1) is 0 Å². The number of carbonyl (C=O) groups is 1. The SMILES string of the molecule is Nc1ccccc1C(=O)n1nnc2ccccc21. The minimum Gasteiger partial charge on any atom is -0.398 e. The molecule has 0 saturated carbocycles. The Kier molecular flexibility index (Phi) is 2.30. The number of rotatable bonds is 1. The van der Waals surface area contributed by atoms with Gasteiger partial charge in [-0.3, -0.25) is 4.79 Å². The van der Waals surface area contributed by atoms with Gasteiger partial charge in [0.15, 0.2) is 0 Å². The molecule has 0 aliphatic rings. The largest absolute Gasteiger partial charge is 0.398 e. The molecule has 1 heterocycles. The molecule has 18 heavy (non-hydrogen) atoms. The molecule has 3 aromatic rings. The van der Waals surface area contributed by atoms with Crippen molar-refractivity contribution < 1.29 is 4.79 Å². The Morgan fingerprint density at radius 2 is 1.78 bits per heavy atom. The van der Waals surface area contributed by atoms with Crippen molar-refractivity contribution in [2.45, 2.75) is 0 Å². The number of nitrogens with two attached hydrogens (primary N) is 1. The van der Waals surface area contributed by atoms with Crippen molar-refractivity contribution in [3.63, 3.8) is 0 Å². The second-order valence-corrected chi connectivity index (χ2v) is 3.88. The molecule has 0 radical (unpaired) electrons. The van der Waals surface area contributed by atoms with Crippen molar-refractivity contribution in [3.05, 3.63) is 54.1 Å².